The van der Waals surface area contributed by atoms with Crippen molar-refractivity contribution in [3.63, 3.8) is 0 Å². The zero-order chi connectivity index (χ0) is 18.1. The van der Waals surface area contributed by atoms with Gasteiger partial charge in [0.15, 0.2) is 0 Å². The average Bonchev–Trinajstić information content (AvgIpc) is 2.66. The molecule has 26 heavy (non-hydrogen) atoms. The van der Waals surface area contributed by atoms with Crippen molar-refractivity contribution in [2.45, 2.75) is 17.8 Å². The molecule has 134 valence electrons. The molecule has 2 aromatic carbocycles. The van der Waals surface area contributed by atoms with Gasteiger partial charge in [-0.25, -0.2) is 0 Å². The maximum atomic E-state index is 6.43. The predicted octanol–water partition coefficient (Wildman–Crippen LogP) is 2.50. The number of rotatable bonds is 0. The van der Waals surface area contributed by atoms with Gasteiger partial charge in [-0.2, -0.15) is 0 Å². The molecule has 0 saturated carbocycles. The SMILES string of the molecule is CC1=C2C=CC=CC2[I-](C)(C)C2=C1COc1c2c(C)cc2ccccc12. The first-order valence-corrected chi connectivity index (χ1v) is 15.7. The molecule has 1 unspecified atom stereocenters. The molecule has 1 atom stereocenters. The van der Waals surface area contributed by atoms with E-state index >= 15 is 0 Å². The Morgan fingerprint density at radius 3 is 2.73 bits per heavy atom. The molecule has 2 heteroatoms. The summed E-state index contributed by atoms with van der Waals surface area (Å²) in [4.78, 5) is 5.15. The van der Waals surface area contributed by atoms with E-state index in [0.717, 1.165) is 5.75 Å². The van der Waals surface area contributed by atoms with Gasteiger partial charge in [0.1, 0.15) is 0 Å². The number of hydrogen-bond acceptors (Lipinski definition) is 1. The van der Waals surface area contributed by atoms with Crippen molar-refractivity contribution in [2.24, 2.45) is 0 Å². The van der Waals surface area contributed by atoms with Crippen LogP contribution in [-0.4, -0.2) is 20.4 Å². The standard InChI is InChI=1S/C24H24IO/c1-15-13-17-9-5-6-11-19(17)24-22(15)23-20(14-26-24)16(2)18-10-7-8-12-21(18)25(23,3)4/h5-13,21H,14H2,1-4H3/q-1. The minimum absolute atomic E-state index is 0.600. The molecule has 2 heterocycles. The van der Waals surface area contributed by atoms with E-state index in [1.807, 2.05) is 0 Å². The Morgan fingerprint density at radius 1 is 1.08 bits per heavy atom. The van der Waals surface area contributed by atoms with Crippen LogP contribution in [0.2, 0.25) is 0 Å². The van der Waals surface area contributed by atoms with Crippen molar-refractivity contribution in [1.82, 2.24) is 0 Å². The van der Waals surface area contributed by atoms with Gasteiger partial charge in [-0.1, -0.05) is 0 Å². The molecule has 5 rings (SSSR count). The molecule has 2 aromatic rings. The van der Waals surface area contributed by atoms with E-state index in [4.69, 9.17) is 4.74 Å². The molecule has 0 radical (unpaired) electrons. The van der Waals surface area contributed by atoms with E-state index < -0.39 is 18.4 Å². The van der Waals surface area contributed by atoms with Crippen LogP contribution >= 0.6 is 0 Å². The van der Waals surface area contributed by atoms with Crippen LogP contribution in [0.1, 0.15) is 18.1 Å². The molecule has 0 spiro atoms. The average molecular weight is 455 g/mol. The van der Waals surface area contributed by atoms with Gasteiger partial charge in [0, 0.05) is 0 Å². The molecule has 0 saturated heterocycles. The molecular weight excluding hydrogens is 431 g/mol. The van der Waals surface area contributed by atoms with Gasteiger partial charge in [0.05, 0.1) is 0 Å². The summed E-state index contributed by atoms with van der Waals surface area (Å²) in [7, 11) is 0. The van der Waals surface area contributed by atoms with Crippen LogP contribution < -0.4 is 23.2 Å². The summed E-state index contributed by atoms with van der Waals surface area (Å²) in [5.41, 5.74) is 7.18. The molecular formula is C24H24IO-. The third kappa shape index (κ3) is 2.08. The Labute approximate surface area is 159 Å². The first-order chi connectivity index (χ1) is 12.5. The van der Waals surface area contributed by atoms with Crippen LogP contribution in [0.15, 0.2) is 71.4 Å². The van der Waals surface area contributed by atoms with Crippen LogP contribution in [0, 0.1) is 6.92 Å². The van der Waals surface area contributed by atoms with Gasteiger partial charge in [-0.05, 0) is 0 Å². The summed E-state index contributed by atoms with van der Waals surface area (Å²) < 4.78 is 8.68. The summed E-state index contributed by atoms with van der Waals surface area (Å²) in [5.74, 6) is 1.11. The first kappa shape index (κ1) is 16.4. The number of halogens is 1. The number of hydrogen-bond donors (Lipinski definition) is 0. The van der Waals surface area contributed by atoms with Gasteiger partial charge in [-0.15, -0.1) is 0 Å². The molecule has 2 aliphatic heterocycles. The van der Waals surface area contributed by atoms with Gasteiger partial charge in [-0.3, -0.25) is 0 Å². The number of aryl methyl sites for hydroxylation is 1. The summed E-state index contributed by atoms with van der Waals surface area (Å²) in [6, 6.07) is 11.0. The van der Waals surface area contributed by atoms with Gasteiger partial charge in [0.25, 0.3) is 0 Å². The fourth-order valence-corrected chi connectivity index (χ4v) is 13.3. The van der Waals surface area contributed by atoms with Crippen molar-refractivity contribution < 1.29 is 23.2 Å². The van der Waals surface area contributed by atoms with Crippen LogP contribution in [0.3, 0.4) is 0 Å². The summed E-state index contributed by atoms with van der Waals surface area (Å²) >= 11 is -2.24. The number of fused-ring (bicyclic) bond motifs is 5. The van der Waals surface area contributed by atoms with Crippen molar-refractivity contribution in [2.75, 3.05) is 16.5 Å². The molecule has 0 amide bonds. The van der Waals surface area contributed by atoms with Crippen LogP contribution in [0.25, 0.3) is 14.4 Å². The van der Waals surface area contributed by atoms with Crippen LogP contribution in [0.4, 0.5) is 0 Å². The predicted molar refractivity (Wildman–Crippen MR) is 108 cm³/mol. The molecule has 0 fully saturated rings. The summed E-state index contributed by atoms with van der Waals surface area (Å²) in [6.45, 7) is 5.26. The number of alkyl halides is 3. The zero-order valence-corrected chi connectivity index (χ0v) is 17.9. The number of benzene rings is 2. The fourth-order valence-electron chi connectivity index (χ4n) is 4.66. The van der Waals surface area contributed by atoms with E-state index in [-0.39, 0.29) is 0 Å². The number of allylic oxidation sites excluding steroid dienone is 5. The van der Waals surface area contributed by atoms with E-state index in [9.17, 15) is 0 Å². The Morgan fingerprint density at radius 2 is 1.88 bits per heavy atom. The molecule has 1 aliphatic carbocycles. The first-order valence-electron chi connectivity index (χ1n) is 9.07. The molecule has 0 N–H and O–H groups in total. The van der Waals surface area contributed by atoms with Crippen LogP contribution in [0.5, 0.6) is 5.75 Å². The van der Waals surface area contributed by atoms with E-state index in [0.29, 0.717) is 10.5 Å². The van der Waals surface area contributed by atoms with Crippen molar-refractivity contribution in [1.29, 1.82) is 0 Å². The van der Waals surface area contributed by atoms with Gasteiger partial charge >= 0.3 is 160 Å². The summed E-state index contributed by atoms with van der Waals surface area (Å²) in [6.07, 6.45) is 9.21. The maximum absolute atomic E-state index is 6.43. The second-order valence-corrected chi connectivity index (χ2v) is 17.6. The van der Waals surface area contributed by atoms with Gasteiger partial charge < -0.3 is 0 Å². The van der Waals surface area contributed by atoms with E-state index in [1.165, 1.54) is 38.6 Å². The quantitative estimate of drug-likeness (QED) is 0.438. The normalized spacial score (nSPS) is 24.1. The van der Waals surface area contributed by atoms with Crippen molar-refractivity contribution in [3.05, 3.63) is 82.5 Å². The third-order valence-corrected chi connectivity index (χ3v) is 14.4. The van der Waals surface area contributed by atoms with E-state index in [1.54, 1.807) is 3.58 Å². The van der Waals surface area contributed by atoms with Gasteiger partial charge in [0.2, 0.25) is 0 Å². The van der Waals surface area contributed by atoms with Crippen molar-refractivity contribution >= 4 is 14.4 Å². The molecule has 1 nitrogen and oxygen atoms in total. The Balaban J connectivity index is 1.88. The van der Waals surface area contributed by atoms with Crippen LogP contribution in [-0.2, 0) is 0 Å². The van der Waals surface area contributed by atoms with Crippen molar-refractivity contribution in [3.8, 4) is 5.75 Å². The Kier molecular flexibility index (Phi) is 3.52. The Bertz CT molecular complexity index is 1080. The Hall–Kier alpha value is -1.81. The zero-order valence-electron chi connectivity index (χ0n) is 15.8. The molecule has 0 bridgehead atoms. The van der Waals surface area contributed by atoms with E-state index in [2.05, 4.69) is 78.3 Å². The second-order valence-electron chi connectivity index (χ2n) is 7.73. The number of ether oxygens (including phenoxy) is 1. The fraction of sp³-hybridized carbons (Fsp3) is 0.250. The second kappa shape index (κ2) is 5.59. The molecule has 0 aromatic heterocycles. The monoisotopic (exact) mass is 455 g/mol. The topological polar surface area (TPSA) is 9.23 Å². The summed E-state index contributed by atoms with van der Waals surface area (Å²) in [5, 5.41) is 2.53. The minimum atomic E-state index is -2.24. The third-order valence-electron chi connectivity index (χ3n) is 5.97. The molecule has 3 aliphatic rings.